The molecule has 1 heterocycles. The quantitative estimate of drug-likeness (QED) is 0.535. The summed E-state index contributed by atoms with van der Waals surface area (Å²) in [6, 6.07) is 0. The van der Waals surface area contributed by atoms with E-state index in [1.54, 1.807) is 6.92 Å². The molecule has 0 radical (unpaired) electrons. The lowest BCUT2D eigenvalue weighted by Crippen LogP contribution is -2.28. The highest BCUT2D eigenvalue weighted by Gasteiger charge is 2.10. The molecule has 0 saturated heterocycles. The van der Waals surface area contributed by atoms with Crippen LogP contribution in [0.1, 0.15) is 6.92 Å². The van der Waals surface area contributed by atoms with E-state index in [2.05, 4.69) is 5.10 Å². The number of nitrogens with zero attached hydrogens (tertiary/aromatic N) is 2. The molecule has 1 atom stereocenters. The molecule has 0 spiro atoms. The van der Waals surface area contributed by atoms with Crippen molar-refractivity contribution in [1.82, 2.24) is 9.78 Å². The standard InChI is InChI=1S/C9H16N4O3S/c1-7(9(10)11)16-4-3-13-6-8(5-12-13)17(2,14)15/h5-7H,3-4H2,1-2H3,(H3,10,11). The average Bonchev–Trinajstić information content (AvgIpc) is 2.65. The second kappa shape index (κ2) is 5.28. The van der Waals surface area contributed by atoms with E-state index >= 15 is 0 Å². The summed E-state index contributed by atoms with van der Waals surface area (Å²) in [5.41, 5.74) is 5.23. The van der Waals surface area contributed by atoms with Crippen LogP contribution in [0.25, 0.3) is 0 Å². The van der Waals surface area contributed by atoms with Gasteiger partial charge in [-0.1, -0.05) is 0 Å². The highest BCUT2D eigenvalue weighted by Crippen LogP contribution is 2.06. The fraction of sp³-hybridized carbons (Fsp3) is 0.556. The molecule has 0 fully saturated rings. The molecule has 0 aliphatic heterocycles. The van der Waals surface area contributed by atoms with Crippen molar-refractivity contribution in [2.45, 2.75) is 24.5 Å². The van der Waals surface area contributed by atoms with Gasteiger partial charge in [0.25, 0.3) is 0 Å². The minimum Gasteiger partial charge on any atom is -0.385 e. The minimum absolute atomic E-state index is 0.0395. The van der Waals surface area contributed by atoms with Gasteiger partial charge < -0.3 is 10.5 Å². The first-order chi connectivity index (χ1) is 7.80. The molecule has 1 rings (SSSR count). The molecule has 96 valence electrons. The van der Waals surface area contributed by atoms with E-state index < -0.39 is 15.9 Å². The van der Waals surface area contributed by atoms with Crippen molar-refractivity contribution in [2.24, 2.45) is 5.73 Å². The maximum atomic E-state index is 11.2. The van der Waals surface area contributed by atoms with Crippen molar-refractivity contribution in [3.8, 4) is 0 Å². The van der Waals surface area contributed by atoms with Crippen molar-refractivity contribution in [1.29, 1.82) is 5.41 Å². The van der Waals surface area contributed by atoms with E-state index in [0.29, 0.717) is 13.2 Å². The third-order valence-corrected chi connectivity index (χ3v) is 3.23. The van der Waals surface area contributed by atoms with Crippen LogP contribution >= 0.6 is 0 Å². The average molecular weight is 260 g/mol. The summed E-state index contributed by atoms with van der Waals surface area (Å²) in [6.07, 6.45) is 3.42. The maximum Gasteiger partial charge on any atom is 0.178 e. The lowest BCUT2D eigenvalue weighted by Gasteiger charge is -2.10. The highest BCUT2D eigenvalue weighted by molar-refractivity contribution is 7.90. The fourth-order valence-corrected chi connectivity index (χ4v) is 1.62. The molecular weight excluding hydrogens is 244 g/mol. The van der Waals surface area contributed by atoms with E-state index in [1.165, 1.54) is 17.1 Å². The van der Waals surface area contributed by atoms with Gasteiger partial charge in [0, 0.05) is 12.5 Å². The Labute approximate surface area is 100.0 Å². The van der Waals surface area contributed by atoms with Gasteiger partial charge >= 0.3 is 0 Å². The van der Waals surface area contributed by atoms with Crippen LogP contribution in [0.15, 0.2) is 17.3 Å². The summed E-state index contributed by atoms with van der Waals surface area (Å²) in [5.74, 6) is -0.0395. The molecule has 0 saturated carbocycles. The predicted octanol–water partition coefficient (Wildman–Crippen LogP) is -0.372. The number of ether oxygens (including phenoxy) is 1. The first kappa shape index (κ1) is 13.7. The van der Waals surface area contributed by atoms with Gasteiger partial charge in [0.15, 0.2) is 9.84 Å². The minimum atomic E-state index is -3.22. The zero-order valence-corrected chi connectivity index (χ0v) is 10.6. The van der Waals surface area contributed by atoms with Crippen molar-refractivity contribution in [2.75, 3.05) is 12.9 Å². The Balaban J connectivity index is 2.49. The van der Waals surface area contributed by atoms with Crippen molar-refractivity contribution < 1.29 is 13.2 Å². The molecule has 1 unspecified atom stereocenters. The predicted molar refractivity (Wildman–Crippen MR) is 62.7 cm³/mol. The SMILES string of the molecule is CC(OCCn1cc(S(C)(=O)=O)cn1)C(=N)N. The summed E-state index contributed by atoms with van der Waals surface area (Å²) in [5, 5.41) is 11.0. The van der Waals surface area contributed by atoms with Crippen LogP contribution in [0.3, 0.4) is 0 Å². The molecule has 0 bridgehead atoms. The number of hydrogen-bond donors (Lipinski definition) is 2. The molecular formula is C9H16N4O3S. The lowest BCUT2D eigenvalue weighted by atomic mass is 10.4. The van der Waals surface area contributed by atoms with Crippen LogP contribution in [-0.4, -0.2) is 43.0 Å². The number of sulfone groups is 1. The molecule has 0 amide bonds. The molecule has 0 aliphatic carbocycles. The summed E-state index contributed by atoms with van der Waals surface area (Å²) in [6.45, 7) is 2.39. The highest BCUT2D eigenvalue weighted by atomic mass is 32.2. The maximum absolute atomic E-state index is 11.2. The van der Waals surface area contributed by atoms with Crippen LogP contribution in [0.2, 0.25) is 0 Å². The van der Waals surface area contributed by atoms with E-state index in [4.69, 9.17) is 15.9 Å². The Morgan fingerprint density at radius 1 is 1.71 bits per heavy atom. The number of hydrogen-bond acceptors (Lipinski definition) is 5. The second-order valence-electron chi connectivity index (χ2n) is 3.68. The molecule has 3 N–H and O–H groups in total. The Morgan fingerprint density at radius 2 is 2.35 bits per heavy atom. The topological polar surface area (TPSA) is 111 Å². The summed E-state index contributed by atoms with van der Waals surface area (Å²) in [4.78, 5) is 0.178. The third-order valence-electron chi connectivity index (χ3n) is 2.16. The van der Waals surface area contributed by atoms with Gasteiger partial charge in [-0.05, 0) is 6.92 Å². The molecule has 17 heavy (non-hydrogen) atoms. The largest absolute Gasteiger partial charge is 0.385 e. The van der Waals surface area contributed by atoms with Crippen LogP contribution < -0.4 is 5.73 Å². The van der Waals surface area contributed by atoms with Gasteiger partial charge in [0.05, 0.1) is 19.3 Å². The third kappa shape index (κ3) is 4.16. The first-order valence-corrected chi connectivity index (χ1v) is 6.88. The second-order valence-corrected chi connectivity index (χ2v) is 5.70. The van der Waals surface area contributed by atoms with Gasteiger partial charge in [0.1, 0.15) is 16.8 Å². The summed E-state index contributed by atoms with van der Waals surface area (Å²) < 4.78 is 29.1. The van der Waals surface area contributed by atoms with E-state index in [-0.39, 0.29) is 10.7 Å². The molecule has 8 heteroatoms. The van der Waals surface area contributed by atoms with Gasteiger partial charge in [-0.3, -0.25) is 10.1 Å². The first-order valence-electron chi connectivity index (χ1n) is 4.98. The lowest BCUT2D eigenvalue weighted by molar-refractivity contribution is 0.0989. The van der Waals surface area contributed by atoms with Crippen LogP contribution in [0.4, 0.5) is 0 Å². The summed E-state index contributed by atoms with van der Waals surface area (Å²) in [7, 11) is -3.22. The van der Waals surface area contributed by atoms with E-state index in [0.717, 1.165) is 6.26 Å². The summed E-state index contributed by atoms with van der Waals surface area (Å²) >= 11 is 0. The Bertz CT molecular complexity index is 494. The van der Waals surface area contributed by atoms with Crippen LogP contribution in [0.5, 0.6) is 0 Å². The molecule has 1 aromatic rings. The molecule has 0 aliphatic rings. The normalized spacial score (nSPS) is 13.5. The van der Waals surface area contributed by atoms with Gasteiger partial charge in [-0.25, -0.2) is 8.42 Å². The Hall–Kier alpha value is -1.41. The van der Waals surface area contributed by atoms with E-state index in [1.807, 2.05) is 0 Å². The van der Waals surface area contributed by atoms with Crippen LogP contribution in [0, 0.1) is 5.41 Å². The number of nitrogens with two attached hydrogens (primary N) is 1. The fourth-order valence-electron chi connectivity index (χ4n) is 1.07. The number of nitrogens with one attached hydrogen (secondary N) is 1. The van der Waals surface area contributed by atoms with Gasteiger partial charge in [-0.2, -0.15) is 5.10 Å². The molecule has 0 aromatic carbocycles. The van der Waals surface area contributed by atoms with Crippen molar-refractivity contribution in [3.05, 3.63) is 12.4 Å². The van der Waals surface area contributed by atoms with Crippen molar-refractivity contribution in [3.63, 3.8) is 0 Å². The van der Waals surface area contributed by atoms with Gasteiger partial charge in [0.2, 0.25) is 0 Å². The molecule has 1 aromatic heterocycles. The van der Waals surface area contributed by atoms with E-state index in [9.17, 15) is 8.42 Å². The Morgan fingerprint density at radius 3 is 2.82 bits per heavy atom. The number of rotatable bonds is 6. The van der Waals surface area contributed by atoms with Gasteiger partial charge in [-0.15, -0.1) is 0 Å². The Kier molecular flexibility index (Phi) is 4.24. The van der Waals surface area contributed by atoms with Crippen molar-refractivity contribution >= 4 is 15.7 Å². The zero-order valence-electron chi connectivity index (χ0n) is 9.75. The zero-order chi connectivity index (χ0) is 13.1. The monoisotopic (exact) mass is 260 g/mol. The number of amidine groups is 1. The smallest absolute Gasteiger partial charge is 0.178 e. The number of aromatic nitrogens is 2. The van der Waals surface area contributed by atoms with Crippen LogP contribution in [-0.2, 0) is 21.1 Å². The molecule has 7 nitrogen and oxygen atoms in total.